The summed E-state index contributed by atoms with van der Waals surface area (Å²) in [4.78, 5) is 0.0883. The number of benzene rings is 1. The van der Waals surface area contributed by atoms with Crippen molar-refractivity contribution in [2.24, 2.45) is 5.14 Å². The van der Waals surface area contributed by atoms with Gasteiger partial charge in [-0.2, -0.15) is 0 Å². The molecule has 0 bridgehead atoms. The Kier molecular flexibility index (Phi) is 4.15. The van der Waals surface area contributed by atoms with Gasteiger partial charge in [0.15, 0.2) is 0 Å². The molecule has 0 fully saturated rings. The van der Waals surface area contributed by atoms with Crippen LogP contribution in [0.3, 0.4) is 0 Å². The molecule has 2 N–H and O–H groups in total. The van der Waals surface area contributed by atoms with E-state index < -0.39 is 10.0 Å². The summed E-state index contributed by atoms with van der Waals surface area (Å²) in [7, 11) is -3.61. The molecule has 0 radical (unpaired) electrons. The number of rotatable bonds is 2. The predicted molar refractivity (Wildman–Crippen MR) is 60.0 cm³/mol. The number of hydrogen-bond donors (Lipinski definition) is 1. The number of primary sulfonamides is 1. The van der Waals surface area contributed by atoms with E-state index in [1.54, 1.807) is 12.1 Å². The highest BCUT2D eigenvalue weighted by atomic mass is 35.5. The Hall–Kier alpha value is -1.02. The van der Waals surface area contributed by atoms with Crippen molar-refractivity contribution in [3.05, 3.63) is 29.8 Å². The molecule has 0 saturated heterocycles. The Balaban J connectivity index is 2.88. The maximum absolute atomic E-state index is 10.9. The molecule has 1 aromatic carbocycles. The van der Waals surface area contributed by atoms with Crippen molar-refractivity contribution < 1.29 is 8.42 Å². The fourth-order valence-corrected chi connectivity index (χ4v) is 1.55. The average molecular weight is 244 g/mol. The minimum Gasteiger partial charge on any atom is -0.225 e. The van der Waals surface area contributed by atoms with Crippen molar-refractivity contribution in [1.82, 2.24) is 0 Å². The van der Waals surface area contributed by atoms with E-state index in [0.717, 1.165) is 5.56 Å². The van der Waals surface area contributed by atoms with Crippen molar-refractivity contribution in [3.8, 4) is 11.8 Å². The van der Waals surface area contributed by atoms with Gasteiger partial charge in [0.05, 0.1) is 4.90 Å². The second kappa shape index (κ2) is 5.17. The van der Waals surface area contributed by atoms with Crippen molar-refractivity contribution in [2.45, 2.75) is 11.3 Å². The largest absolute Gasteiger partial charge is 0.238 e. The molecule has 0 aliphatic heterocycles. The van der Waals surface area contributed by atoms with Crippen LogP contribution in [-0.4, -0.2) is 14.3 Å². The lowest BCUT2D eigenvalue weighted by molar-refractivity contribution is 0.598. The van der Waals surface area contributed by atoms with E-state index in [9.17, 15) is 8.42 Å². The molecule has 15 heavy (non-hydrogen) atoms. The standard InChI is InChI=1S/C10H10ClNO2S/c11-8-2-1-3-9-4-6-10(7-5-9)15(12,13)14/h4-7H,2,8H2,(H2,12,13,14). The summed E-state index contributed by atoms with van der Waals surface area (Å²) in [6, 6.07) is 6.09. The van der Waals surface area contributed by atoms with Gasteiger partial charge in [-0.3, -0.25) is 0 Å². The van der Waals surface area contributed by atoms with Crippen LogP contribution in [0.1, 0.15) is 12.0 Å². The van der Waals surface area contributed by atoms with Crippen molar-refractivity contribution in [3.63, 3.8) is 0 Å². The van der Waals surface area contributed by atoms with Crippen LogP contribution in [0.25, 0.3) is 0 Å². The number of nitrogens with two attached hydrogens (primary N) is 1. The number of alkyl halides is 1. The molecular weight excluding hydrogens is 234 g/mol. The first-order valence-electron chi connectivity index (χ1n) is 4.22. The third kappa shape index (κ3) is 3.92. The molecule has 0 aliphatic carbocycles. The van der Waals surface area contributed by atoms with Gasteiger partial charge in [0.2, 0.25) is 10.0 Å². The summed E-state index contributed by atoms with van der Waals surface area (Å²) in [5.41, 5.74) is 0.743. The van der Waals surface area contributed by atoms with E-state index >= 15 is 0 Å². The Morgan fingerprint density at radius 1 is 1.27 bits per heavy atom. The highest BCUT2D eigenvalue weighted by Crippen LogP contribution is 2.07. The first-order chi connectivity index (χ1) is 7.04. The molecule has 0 aromatic heterocycles. The molecule has 80 valence electrons. The molecule has 3 nitrogen and oxygen atoms in total. The summed E-state index contributed by atoms with van der Waals surface area (Å²) < 4.78 is 21.9. The SMILES string of the molecule is NS(=O)(=O)c1ccc(C#CCCCl)cc1. The second-order valence-corrected chi connectivity index (χ2v) is 4.75. The van der Waals surface area contributed by atoms with Crippen molar-refractivity contribution in [1.29, 1.82) is 0 Å². The van der Waals surface area contributed by atoms with Gasteiger partial charge in [0.25, 0.3) is 0 Å². The third-order valence-electron chi connectivity index (χ3n) is 1.64. The van der Waals surface area contributed by atoms with Gasteiger partial charge < -0.3 is 0 Å². The number of halogens is 1. The maximum atomic E-state index is 10.9. The molecule has 0 unspecified atom stereocenters. The van der Waals surface area contributed by atoms with Gasteiger partial charge >= 0.3 is 0 Å². The molecule has 0 atom stereocenters. The molecule has 0 spiro atoms. The van der Waals surface area contributed by atoms with Crippen LogP contribution in [-0.2, 0) is 10.0 Å². The van der Waals surface area contributed by atoms with Gasteiger partial charge in [-0.05, 0) is 24.3 Å². The monoisotopic (exact) mass is 243 g/mol. The van der Waals surface area contributed by atoms with Crippen LogP contribution in [0.5, 0.6) is 0 Å². The number of sulfonamides is 1. The molecule has 0 heterocycles. The maximum Gasteiger partial charge on any atom is 0.238 e. The highest BCUT2D eigenvalue weighted by Gasteiger charge is 2.05. The summed E-state index contributed by atoms with van der Waals surface area (Å²) in [5.74, 6) is 6.19. The molecule has 0 aliphatic rings. The van der Waals surface area contributed by atoms with Crippen LogP contribution < -0.4 is 5.14 Å². The summed E-state index contributed by atoms with van der Waals surface area (Å²) >= 11 is 5.45. The average Bonchev–Trinajstić information content (AvgIpc) is 2.18. The van der Waals surface area contributed by atoms with E-state index in [4.69, 9.17) is 16.7 Å². The topological polar surface area (TPSA) is 60.2 Å². The van der Waals surface area contributed by atoms with E-state index in [1.807, 2.05) is 0 Å². The Labute approximate surface area is 94.3 Å². The van der Waals surface area contributed by atoms with Gasteiger partial charge in [0.1, 0.15) is 0 Å². The molecule has 1 rings (SSSR count). The Bertz CT molecular complexity index is 482. The zero-order valence-corrected chi connectivity index (χ0v) is 9.48. The summed E-state index contributed by atoms with van der Waals surface area (Å²) in [6.45, 7) is 0. The minimum absolute atomic E-state index is 0.0883. The van der Waals surface area contributed by atoms with E-state index in [0.29, 0.717) is 12.3 Å². The third-order valence-corrected chi connectivity index (χ3v) is 2.75. The number of hydrogen-bond acceptors (Lipinski definition) is 2. The van der Waals surface area contributed by atoms with Crippen LogP contribution in [0.4, 0.5) is 0 Å². The lowest BCUT2D eigenvalue weighted by Gasteiger charge is -1.96. The lowest BCUT2D eigenvalue weighted by Crippen LogP contribution is -2.11. The van der Waals surface area contributed by atoms with Gasteiger partial charge in [-0.15, -0.1) is 11.6 Å². The molecule has 0 amide bonds. The van der Waals surface area contributed by atoms with E-state index in [-0.39, 0.29) is 4.90 Å². The fourth-order valence-electron chi connectivity index (χ4n) is 0.940. The second-order valence-electron chi connectivity index (χ2n) is 2.81. The van der Waals surface area contributed by atoms with Gasteiger partial charge in [-0.25, -0.2) is 13.6 Å². The van der Waals surface area contributed by atoms with Crippen LogP contribution in [0, 0.1) is 11.8 Å². The predicted octanol–water partition coefficient (Wildman–Crippen LogP) is 1.31. The zero-order chi connectivity index (χ0) is 11.3. The zero-order valence-electron chi connectivity index (χ0n) is 7.90. The van der Waals surface area contributed by atoms with E-state index in [2.05, 4.69) is 11.8 Å². The van der Waals surface area contributed by atoms with E-state index in [1.165, 1.54) is 12.1 Å². The fraction of sp³-hybridized carbons (Fsp3) is 0.200. The summed E-state index contributed by atoms with van der Waals surface area (Å²) in [5, 5.41) is 4.95. The van der Waals surface area contributed by atoms with Crippen LogP contribution in [0.2, 0.25) is 0 Å². The first kappa shape index (κ1) is 12.1. The molecule has 1 aromatic rings. The molecule has 0 saturated carbocycles. The highest BCUT2D eigenvalue weighted by molar-refractivity contribution is 7.89. The first-order valence-corrected chi connectivity index (χ1v) is 6.30. The molecular formula is C10H10ClNO2S. The Morgan fingerprint density at radius 2 is 1.87 bits per heavy atom. The lowest BCUT2D eigenvalue weighted by atomic mass is 10.2. The van der Waals surface area contributed by atoms with Crippen molar-refractivity contribution in [2.75, 3.05) is 5.88 Å². The normalized spacial score (nSPS) is 10.5. The summed E-state index contributed by atoms with van der Waals surface area (Å²) in [6.07, 6.45) is 0.610. The minimum atomic E-state index is -3.61. The van der Waals surface area contributed by atoms with Gasteiger partial charge in [-0.1, -0.05) is 11.8 Å². The van der Waals surface area contributed by atoms with Crippen molar-refractivity contribution >= 4 is 21.6 Å². The Morgan fingerprint density at radius 3 is 2.33 bits per heavy atom. The van der Waals surface area contributed by atoms with Crippen LogP contribution >= 0.6 is 11.6 Å². The van der Waals surface area contributed by atoms with Gasteiger partial charge in [0, 0.05) is 17.9 Å². The molecule has 5 heteroatoms. The van der Waals surface area contributed by atoms with Crippen LogP contribution in [0.15, 0.2) is 29.2 Å². The smallest absolute Gasteiger partial charge is 0.225 e. The quantitative estimate of drug-likeness (QED) is 0.629.